The highest BCUT2D eigenvalue weighted by Gasteiger charge is 2.31. The van der Waals surface area contributed by atoms with Crippen molar-refractivity contribution in [2.24, 2.45) is 5.41 Å². The molecule has 2 aromatic carbocycles. The van der Waals surface area contributed by atoms with Gasteiger partial charge in [-0.25, -0.2) is 4.79 Å². The predicted molar refractivity (Wildman–Crippen MR) is 107 cm³/mol. The van der Waals surface area contributed by atoms with Crippen molar-refractivity contribution in [1.29, 1.82) is 0 Å². The fraction of sp³-hybridized carbons (Fsp3) is 0.273. The van der Waals surface area contributed by atoms with Crippen LogP contribution in [-0.4, -0.2) is 35.3 Å². The fourth-order valence-electron chi connectivity index (χ4n) is 2.15. The summed E-state index contributed by atoms with van der Waals surface area (Å²) in [6.07, 6.45) is 0. The normalized spacial score (nSPS) is 10.4. The minimum atomic E-state index is -1.22. The Balaban J connectivity index is 0.00000190. The first-order chi connectivity index (χ1) is 13.5. The molecule has 0 saturated heterocycles. The Labute approximate surface area is 165 Å². The maximum absolute atomic E-state index is 12.1. The zero-order valence-electron chi connectivity index (χ0n) is 16.1. The van der Waals surface area contributed by atoms with Gasteiger partial charge in [0.15, 0.2) is 0 Å². The van der Waals surface area contributed by atoms with Gasteiger partial charge in [0.2, 0.25) is 5.91 Å². The summed E-state index contributed by atoms with van der Waals surface area (Å²) in [6.45, 7) is 7.03. The zero-order chi connectivity index (χ0) is 21.0. The van der Waals surface area contributed by atoms with E-state index in [1.165, 1.54) is 6.92 Å². The van der Waals surface area contributed by atoms with Crippen molar-refractivity contribution in [1.82, 2.24) is 5.32 Å². The topological polar surface area (TPSA) is 95.9 Å². The largest absolute Gasteiger partial charge is 0.457 e. The Bertz CT molecular complexity index is 739. The van der Waals surface area contributed by atoms with Crippen LogP contribution in [0.5, 0.6) is 0 Å². The summed E-state index contributed by atoms with van der Waals surface area (Å²) in [5.74, 6) is -0.855. The smallest absolute Gasteiger partial charge is 0.338 e. The van der Waals surface area contributed by atoms with Gasteiger partial charge in [-0.15, -0.1) is 13.2 Å². The van der Waals surface area contributed by atoms with Crippen molar-refractivity contribution in [2.45, 2.75) is 20.1 Å². The maximum Gasteiger partial charge on any atom is 0.338 e. The third kappa shape index (κ3) is 6.64. The number of ether oxygens (including phenoxy) is 1. The first-order valence-electron chi connectivity index (χ1n) is 8.78. The van der Waals surface area contributed by atoms with E-state index in [0.29, 0.717) is 5.56 Å². The number of aliphatic hydroxyl groups excluding tert-OH is 2. The van der Waals surface area contributed by atoms with Gasteiger partial charge < -0.3 is 20.3 Å². The van der Waals surface area contributed by atoms with Crippen LogP contribution < -0.4 is 5.32 Å². The van der Waals surface area contributed by atoms with Crippen LogP contribution in [0.1, 0.15) is 28.4 Å². The molecule has 3 N–H and O–H groups in total. The zero-order valence-corrected chi connectivity index (χ0v) is 16.1. The molecule has 0 spiro atoms. The minimum absolute atomic E-state index is 0.207. The van der Waals surface area contributed by atoms with Gasteiger partial charge in [-0.2, -0.15) is 0 Å². The number of esters is 1. The van der Waals surface area contributed by atoms with Crippen LogP contribution in [0.3, 0.4) is 0 Å². The Morgan fingerprint density at radius 2 is 1.54 bits per heavy atom. The molecule has 2 rings (SSSR count). The first-order valence-corrected chi connectivity index (χ1v) is 8.78. The van der Waals surface area contributed by atoms with Crippen LogP contribution in [-0.2, 0) is 22.7 Å². The van der Waals surface area contributed by atoms with Crippen molar-refractivity contribution in [3.8, 4) is 0 Å². The number of carbonyl (C=O) groups excluding carboxylic acids is 2. The summed E-state index contributed by atoms with van der Waals surface area (Å²) in [7, 11) is 0. The molecule has 0 atom stereocenters. The molecule has 6 heteroatoms. The van der Waals surface area contributed by atoms with E-state index in [1.54, 1.807) is 24.3 Å². The summed E-state index contributed by atoms with van der Waals surface area (Å²) >= 11 is 0. The molecular weight excluding hydrogens is 358 g/mol. The summed E-state index contributed by atoms with van der Waals surface area (Å²) in [4.78, 5) is 24.0. The third-order valence-corrected chi connectivity index (χ3v) is 4.10. The van der Waals surface area contributed by atoms with Crippen LogP contribution in [0.25, 0.3) is 0 Å². The number of rotatable bonds is 8. The molecule has 0 aromatic heterocycles. The van der Waals surface area contributed by atoms with Gasteiger partial charge in [0.25, 0.3) is 0 Å². The molecule has 0 fully saturated rings. The van der Waals surface area contributed by atoms with Gasteiger partial charge in [-0.3, -0.25) is 4.79 Å². The predicted octanol–water partition coefficient (Wildman–Crippen LogP) is 2.45. The van der Waals surface area contributed by atoms with Gasteiger partial charge in [0.1, 0.15) is 6.61 Å². The number of nitrogens with one attached hydrogen (secondary N) is 1. The van der Waals surface area contributed by atoms with Crippen molar-refractivity contribution in [3.05, 3.63) is 84.4 Å². The number of amides is 1. The van der Waals surface area contributed by atoms with Gasteiger partial charge in [-0.05, 0) is 30.2 Å². The van der Waals surface area contributed by atoms with E-state index >= 15 is 0 Å². The molecule has 28 heavy (non-hydrogen) atoms. The summed E-state index contributed by atoms with van der Waals surface area (Å²) in [5, 5.41) is 21.1. The van der Waals surface area contributed by atoms with Gasteiger partial charge in [0, 0.05) is 6.54 Å². The van der Waals surface area contributed by atoms with E-state index in [0.717, 1.165) is 11.1 Å². The van der Waals surface area contributed by atoms with Gasteiger partial charge in [-0.1, -0.05) is 42.5 Å². The second-order valence-corrected chi connectivity index (χ2v) is 6.32. The Morgan fingerprint density at radius 1 is 0.964 bits per heavy atom. The van der Waals surface area contributed by atoms with Crippen LogP contribution in [0.15, 0.2) is 67.8 Å². The van der Waals surface area contributed by atoms with Crippen LogP contribution in [0, 0.1) is 5.41 Å². The van der Waals surface area contributed by atoms with Crippen LogP contribution >= 0.6 is 0 Å². The van der Waals surface area contributed by atoms with E-state index in [2.05, 4.69) is 18.5 Å². The third-order valence-electron chi connectivity index (χ3n) is 4.10. The Hall–Kier alpha value is -2.96. The molecule has 0 saturated carbocycles. The molecular formula is C22H27NO5. The highest BCUT2D eigenvalue weighted by molar-refractivity contribution is 5.89. The van der Waals surface area contributed by atoms with Gasteiger partial charge in [0.05, 0.1) is 24.2 Å². The Morgan fingerprint density at radius 3 is 2.07 bits per heavy atom. The number of benzene rings is 2. The second-order valence-electron chi connectivity index (χ2n) is 6.32. The van der Waals surface area contributed by atoms with Crippen molar-refractivity contribution >= 4 is 11.9 Å². The highest BCUT2D eigenvalue weighted by Crippen LogP contribution is 2.15. The fourth-order valence-corrected chi connectivity index (χ4v) is 2.15. The van der Waals surface area contributed by atoms with Gasteiger partial charge >= 0.3 is 5.97 Å². The number of hydrogen-bond acceptors (Lipinski definition) is 5. The molecule has 0 radical (unpaired) electrons. The number of carbonyl (C=O) groups is 2. The maximum atomic E-state index is 12.1. The monoisotopic (exact) mass is 385 g/mol. The van der Waals surface area contributed by atoms with Crippen LogP contribution in [0.2, 0.25) is 0 Å². The SMILES string of the molecule is C=C.CC(CO)(CO)C(=O)NCc1ccc(C(=O)OCc2ccccc2)cc1. The van der Waals surface area contributed by atoms with Crippen molar-refractivity contribution < 1.29 is 24.5 Å². The van der Waals surface area contributed by atoms with Crippen molar-refractivity contribution in [2.75, 3.05) is 13.2 Å². The molecule has 0 heterocycles. The molecule has 6 nitrogen and oxygen atoms in total. The lowest BCUT2D eigenvalue weighted by Crippen LogP contribution is -2.43. The Kier molecular flexibility index (Phi) is 9.64. The summed E-state index contributed by atoms with van der Waals surface area (Å²) in [5.41, 5.74) is 0.903. The summed E-state index contributed by atoms with van der Waals surface area (Å²) in [6, 6.07) is 16.1. The average Bonchev–Trinajstić information content (AvgIpc) is 2.77. The lowest BCUT2D eigenvalue weighted by Gasteiger charge is -2.23. The van der Waals surface area contributed by atoms with E-state index in [-0.39, 0.29) is 13.2 Å². The lowest BCUT2D eigenvalue weighted by molar-refractivity contribution is -0.135. The van der Waals surface area contributed by atoms with E-state index in [9.17, 15) is 19.8 Å². The first kappa shape index (κ1) is 23.1. The standard InChI is InChI=1S/C20H23NO5.C2H4/c1-20(13-22,14-23)19(25)21-11-15-7-9-17(10-8-15)18(24)26-12-16-5-3-2-4-6-16;1-2/h2-10,22-23H,11-14H2,1H3,(H,21,25);1-2H2. The highest BCUT2D eigenvalue weighted by atomic mass is 16.5. The second kappa shape index (κ2) is 11.7. The minimum Gasteiger partial charge on any atom is -0.457 e. The molecule has 2 aromatic rings. The molecule has 0 unspecified atom stereocenters. The molecule has 150 valence electrons. The quantitative estimate of drug-likeness (QED) is 0.479. The number of aliphatic hydroxyl groups is 2. The molecule has 1 amide bonds. The number of hydrogen-bond donors (Lipinski definition) is 3. The average molecular weight is 385 g/mol. The van der Waals surface area contributed by atoms with E-state index in [4.69, 9.17) is 4.74 Å². The van der Waals surface area contributed by atoms with Crippen LogP contribution in [0.4, 0.5) is 0 Å². The summed E-state index contributed by atoms with van der Waals surface area (Å²) < 4.78 is 5.26. The molecule has 0 aliphatic heterocycles. The van der Waals surface area contributed by atoms with E-state index < -0.39 is 30.5 Å². The van der Waals surface area contributed by atoms with E-state index in [1.807, 2.05) is 30.3 Å². The molecule has 0 aliphatic carbocycles. The molecule has 0 aliphatic rings. The lowest BCUT2D eigenvalue weighted by atomic mass is 9.92. The van der Waals surface area contributed by atoms with Crippen molar-refractivity contribution in [3.63, 3.8) is 0 Å². The molecule has 0 bridgehead atoms.